The molecule has 3 saturated heterocycles. The quantitative estimate of drug-likeness (QED) is 0.567. The molecule has 0 aliphatic carbocycles. The first-order valence-corrected chi connectivity index (χ1v) is 6.88. The second-order valence-corrected chi connectivity index (χ2v) is 5.86. The van der Waals surface area contributed by atoms with Crippen molar-refractivity contribution < 1.29 is 28.5 Å². The van der Waals surface area contributed by atoms with Crippen molar-refractivity contribution in [2.24, 2.45) is 0 Å². The maximum atomic E-state index is 11.2. The molecule has 112 valence electrons. The molecule has 20 heavy (non-hydrogen) atoms. The van der Waals surface area contributed by atoms with Gasteiger partial charge in [-0.1, -0.05) is 0 Å². The Balaban J connectivity index is 1.78. The number of thiocarbonyl (C=S) groups is 1. The van der Waals surface area contributed by atoms with Crippen molar-refractivity contribution in [3.8, 4) is 0 Å². The molecule has 8 heteroatoms. The molecule has 0 bridgehead atoms. The molecule has 0 amide bonds. The van der Waals surface area contributed by atoms with Crippen molar-refractivity contribution in [1.82, 2.24) is 5.32 Å². The normalized spacial score (nSPS) is 42.0. The average molecular weight is 303 g/mol. The molecule has 3 fully saturated rings. The van der Waals surface area contributed by atoms with Crippen molar-refractivity contribution in [1.29, 1.82) is 0 Å². The number of ether oxygens (including phenoxy) is 5. The van der Waals surface area contributed by atoms with E-state index in [-0.39, 0.29) is 18.2 Å². The smallest absolute Gasteiger partial charge is 0.305 e. The zero-order chi connectivity index (χ0) is 14.5. The van der Waals surface area contributed by atoms with Gasteiger partial charge in [0.2, 0.25) is 6.29 Å². The van der Waals surface area contributed by atoms with Gasteiger partial charge in [0.1, 0.15) is 18.8 Å². The Bertz CT molecular complexity index is 442. The molecule has 3 aliphatic rings. The van der Waals surface area contributed by atoms with E-state index < -0.39 is 24.2 Å². The molecule has 3 aliphatic heterocycles. The number of carbonyl (C=O) groups excluding carboxylic acids is 1. The van der Waals surface area contributed by atoms with Crippen LogP contribution in [-0.4, -0.2) is 54.2 Å². The molecule has 0 unspecified atom stereocenters. The van der Waals surface area contributed by atoms with Crippen molar-refractivity contribution in [2.75, 3.05) is 6.61 Å². The van der Waals surface area contributed by atoms with E-state index in [1.54, 1.807) is 0 Å². The fourth-order valence-electron chi connectivity index (χ4n) is 2.75. The summed E-state index contributed by atoms with van der Waals surface area (Å²) >= 11 is 4.95. The highest BCUT2D eigenvalue weighted by atomic mass is 32.1. The third-order valence-electron chi connectivity index (χ3n) is 3.42. The molecule has 0 aromatic rings. The zero-order valence-electron chi connectivity index (χ0n) is 11.5. The van der Waals surface area contributed by atoms with Gasteiger partial charge in [-0.15, -0.1) is 0 Å². The zero-order valence-corrected chi connectivity index (χ0v) is 12.3. The van der Waals surface area contributed by atoms with Gasteiger partial charge in [-0.05, 0) is 26.1 Å². The highest BCUT2D eigenvalue weighted by Crippen LogP contribution is 2.40. The van der Waals surface area contributed by atoms with Crippen LogP contribution in [0.25, 0.3) is 0 Å². The average Bonchev–Trinajstić information content (AvgIpc) is 2.94. The molecule has 0 aromatic carbocycles. The van der Waals surface area contributed by atoms with E-state index >= 15 is 0 Å². The molecule has 0 aromatic heterocycles. The number of carbonyl (C=O) groups is 1. The Morgan fingerprint density at radius 1 is 1.35 bits per heavy atom. The van der Waals surface area contributed by atoms with Gasteiger partial charge in [0.05, 0.1) is 6.04 Å². The highest BCUT2D eigenvalue weighted by molar-refractivity contribution is 7.80. The van der Waals surface area contributed by atoms with Gasteiger partial charge in [-0.2, -0.15) is 0 Å². The minimum absolute atomic E-state index is 0.145. The molecular formula is C12H17NO6S. The first-order valence-electron chi connectivity index (χ1n) is 6.47. The van der Waals surface area contributed by atoms with Crippen LogP contribution in [0.5, 0.6) is 0 Å². The molecule has 7 nitrogen and oxygen atoms in total. The standard InChI is InChI=1S/C12H17NO6S/c1-5(14)16-10-9-8(18-12(2,3)19-9)7(17-10)6-4-15-11(20)13-6/h6-10H,4H2,1-3H3,(H,13,20)/t6-,7-,8+,9+,10+/m1/s1. The van der Waals surface area contributed by atoms with Crippen molar-refractivity contribution in [2.45, 2.75) is 57.2 Å². The third-order valence-corrected chi connectivity index (χ3v) is 3.66. The van der Waals surface area contributed by atoms with Crippen LogP contribution >= 0.6 is 12.2 Å². The van der Waals surface area contributed by atoms with Crippen LogP contribution in [0.15, 0.2) is 0 Å². The van der Waals surface area contributed by atoms with Gasteiger partial charge >= 0.3 is 5.97 Å². The van der Waals surface area contributed by atoms with E-state index in [1.807, 2.05) is 13.8 Å². The van der Waals surface area contributed by atoms with E-state index in [4.69, 9.17) is 35.9 Å². The Labute approximate surface area is 121 Å². The number of rotatable bonds is 2. The van der Waals surface area contributed by atoms with E-state index in [9.17, 15) is 4.79 Å². The van der Waals surface area contributed by atoms with E-state index in [0.29, 0.717) is 11.8 Å². The van der Waals surface area contributed by atoms with Crippen LogP contribution in [-0.2, 0) is 28.5 Å². The summed E-state index contributed by atoms with van der Waals surface area (Å²) in [4.78, 5) is 11.2. The molecular weight excluding hydrogens is 286 g/mol. The van der Waals surface area contributed by atoms with E-state index in [0.717, 1.165) is 0 Å². The molecule has 0 saturated carbocycles. The number of fused-ring (bicyclic) bond motifs is 1. The van der Waals surface area contributed by atoms with E-state index in [2.05, 4.69) is 5.32 Å². The Hall–Kier alpha value is -0.960. The minimum Gasteiger partial charge on any atom is -0.469 e. The summed E-state index contributed by atoms with van der Waals surface area (Å²) in [7, 11) is 0. The highest BCUT2D eigenvalue weighted by Gasteiger charge is 2.59. The molecule has 3 rings (SSSR count). The minimum atomic E-state index is -0.778. The fourth-order valence-corrected chi connectivity index (χ4v) is 2.97. The summed E-state index contributed by atoms with van der Waals surface area (Å²) in [6.45, 7) is 5.36. The van der Waals surface area contributed by atoms with E-state index in [1.165, 1.54) is 6.92 Å². The lowest BCUT2D eigenvalue weighted by atomic mass is 10.1. The van der Waals surface area contributed by atoms with Crippen molar-refractivity contribution in [3.05, 3.63) is 0 Å². The second-order valence-electron chi connectivity index (χ2n) is 5.49. The Morgan fingerprint density at radius 3 is 2.65 bits per heavy atom. The van der Waals surface area contributed by atoms with Crippen molar-refractivity contribution >= 4 is 23.4 Å². The molecule has 0 spiro atoms. The van der Waals surface area contributed by atoms with Gasteiger partial charge in [0.25, 0.3) is 5.17 Å². The predicted octanol–water partition coefficient (Wildman–Crippen LogP) is 0.0678. The summed E-state index contributed by atoms with van der Waals surface area (Å²) in [6.07, 6.45) is -1.92. The predicted molar refractivity (Wildman–Crippen MR) is 69.7 cm³/mol. The van der Waals surface area contributed by atoms with Crippen LogP contribution in [0.2, 0.25) is 0 Å². The van der Waals surface area contributed by atoms with Crippen LogP contribution in [0, 0.1) is 0 Å². The maximum Gasteiger partial charge on any atom is 0.305 e. The van der Waals surface area contributed by atoms with Crippen LogP contribution in [0.1, 0.15) is 20.8 Å². The number of hydrogen-bond acceptors (Lipinski definition) is 7. The summed E-state index contributed by atoms with van der Waals surface area (Å²) in [5.74, 6) is -1.16. The molecule has 1 N–H and O–H groups in total. The summed E-state index contributed by atoms with van der Waals surface area (Å²) in [6, 6.07) is -0.145. The topological polar surface area (TPSA) is 75.3 Å². The summed E-state index contributed by atoms with van der Waals surface area (Å²) < 4.78 is 27.8. The number of esters is 1. The molecule has 0 radical (unpaired) electrons. The Morgan fingerprint density at radius 2 is 2.05 bits per heavy atom. The largest absolute Gasteiger partial charge is 0.469 e. The molecule has 5 atom stereocenters. The maximum absolute atomic E-state index is 11.2. The second kappa shape index (κ2) is 4.80. The first-order chi connectivity index (χ1) is 9.35. The van der Waals surface area contributed by atoms with Crippen LogP contribution in [0.3, 0.4) is 0 Å². The molecule has 3 heterocycles. The SMILES string of the molecule is CC(=O)O[C@H]1O[C@H]([C@H]2COC(=S)N2)[C@@H]2OC(C)(C)O[C@H]12. The van der Waals surface area contributed by atoms with Gasteiger partial charge in [0, 0.05) is 6.92 Å². The lowest BCUT2D eigenvalue weighted by Gasteiger charge is -2.25. The monoisotopic (exact) mass is 303 g/mol. The van der Waals surface area contributed by atoms with Gasteiger partial charge in [-0.25, -0.2) is 0 Å². The van der Waals surface area contributed by atoms with Crippen LogP contribution < -0.4 is 5.32 Å². The third kappa shape index (κ3) is 2.48. The van der Waals surface area contributed by atoms with Gasteiger partial charge < -0.3 is 29.0 Å². The lowest BCUT2D eigenvalue weighted by Crippen LogP contribution is -2.45. The summed E-state index contributed by atoms with van der Waals surface area (Å²) in [5.41, 5.74) is 0. The summed E-state index contributed by atoms with van der Waals surface area (Å²) in [5, 5.41) is 3.36. The van der Waals surface area contributed by atoms with Gasteiger partial charge in [0.15, 0.2) is 11.9 Å². The number of nitrogens with one attached hydrogen (secondary N) is 1. The van der Waals surface area contributed by atoms with Gasteiger partial charge in [-0.3, -0.25) is 4.79 Å². The number of hydrogen-bond donors (Lipinski definition) is 1. The van der Waals surface area contributed by atoms with Crippen LogP contribution in [0.4, 0.5) is 0 Å². The Kier molecular flexibility index (Phi) is 3.36. The first kappa shape index (κ1) is 14.0. The lowest BCUT2D eigenvalue weighted by molar-refractivity contribution is -0.233. The van der Waals surface area contributed by atoms with Crippen molar-refractivity contribution in [3.63, 3.8) is 0 Å². The fraction of sp³-hybridized carbons (Fsp3) is 0.833.